The number of hydrogen-bond acceptors (Lipinski definition) is 3. The van der Waals surface area contributed by atoms with E-state index in [9.17, 15) is 0 Å². The standard InChI is InChI=1S/C12H20N2O/c1-2-9-14(8-1)10-7-13-6-5-12-4-3-11-15-12/h3-4,11,13H,1-2,5-10H2. The second-order valence-electron chi connectivity index (χ2n) is 4.13. The maximum atomic E-state index is 5.26. The van der Waals surface area contributed by atoms with Crippen LogP contribution in [0.25, 0.3) is 0 Å². The fraction of sp³-hybridized carbons (Fsp3) is 0.667. The molecule has 0 amide bonds. The van der Waals surface area contributed by atoms with Crippen molar-refractivity contribution in [3.05, 3.63) is 24.2 Å². The van der Waals surface area contributed by atoms with Gasteiger partial charge in [0.15, 0.2) is 0 Å². The van der Waals surface area contributed by atoms with Gasteiger partial charge in [-0.1, -0.05) is 0 Å². The Morgan fingerprint density at radius 1 is 1.27 bits per heavy atom. The fourth-order valence-electron chi connectivity index (χ4n) is 2.03. The summed E-state index contributed by atoms with van der Waals surface area (Å²) in [6.07, 6.45) is 5.49. The van der Waals surface area contributed by atoms with Crippen LogP contribution in [0.3, 0.4) is 0 Å². The zero-order valence-electron chi connectivity index (χ0n) is 9.24. The van der Waals surface area contributed by atoms with Crippen LogP contribution in [0.1, 0.15) is 18.6 Å². The lowest BCUT2D eigenvalue weighted by atomic mass is 10.3. The summed E-state index contributed by atoms with van der Waals surface area (Å²) >= 11 is 0. The first-order chi connectivity index (χ1) is 7.45. The molecule has 2 heterocycles. The summed E-state index contributed by atoms with van der Waals surface area (Å²) in [5, 5.41) is 3.45. The lowest BCUT2D eigenvalue weighted by molar-refractivity contribution is 0.335. The smallest absolute Gasteiger partial charge is 0.105 e. The molecular weight excluding hydrogens is 188 g/mol. The van der Waals surface area contributed by atoms with Gasteiger partial charge in [0.1, 0.15) is 5.76 Å². The molecule has 3 nitrogen and oxygen atoms in total. The first-order valence-corrected chi connectivity index (χ1v) is 5.90. The van der Waals surface area contributed by atoms with Crippen LogP contribution in [0.15, 0.2) is 22.8 Å². The Labute approximate surface area is 91.4 Å². The fourth-order valence-corrected chi connectivity index (χ4v) is 2.03. The highest BCUT2D eigenvalue weighted by Gasteiger charge is 2.09. The number of likely N-dealkylation sites (tertiary alicyclic amines) is 1. The number of hydrogen-bond donors (Lipinski definition) is 1. The van der Waals surface area contributed by atoms with E-state index in [0.717, 1.165) is 25.3 Å². The molecule has 0 saturated carbocycles. The molecule has 1 saturated heterocycles. The number of rotatable bonds is 6. The maximum absolute atomic E-state index is 5.26. The number of nitrogens with zero attached hydrogens (tertiary/aromatic N) is 1. The van der Waals surface area contributed by atoms with Gasteiger partial charge in [0.05, 0.1) is 6.26 Å². The molecule has 3 heteroatoms. The van der Waals surface area contributed by atoms with Gasteiger partial charge in [-0.15, -0.1) is 0 Å². The lowest BCUT2D eigenvalue weighted by Crippen LogP contribution is -2.30. The largest absolute Gasteiger partial charge is 0.469 e. The first kappa shape index (κ1) is 10.7. The monoisotopic (exact) mass is 208 g/mol. The molecule has 2 rings (SSSR count). The van der Waals surface area contributed by atoms with E-state index < -0.39 is 0 Å². The zero-order valence-corrected chi connectivity index (χ0v) is 9.24. The summed E-state index contributed by atoms with van der Waals surface area (Å²) in [6.45, 7) is 5.89. The molecule has 1 fully saturated rings. The van der Waals surface area contributed by atoms with Crippen LogP contribution in [0.4, 0.5) is 0 Å². The minimum atomic E-state index is 0.993. The van der Waals surface area contributed by atoms with Crippen LogP contribution >= 0.6 is 0 Å². The summed E-state index contributed by atoms with van der Waals surface area (Å²) in [5.74, 6) is 1.07. The molecule has 84 valence electrons. The van der Waals surface area contributed by atoms with E-state index in [-0.39, 0.29) is 0 Å². The quantitative estimate of drug-likeness (QED) is 0.718. The molecule has 1 aromatic heterocycles. The van der Waals surface area contributed by atoms with E-state index in [0.29, 0.717) is 0 Å². The predicted molar refractivity (Wildman–Crippen MR) is 61.0 cm³/mol. The molecule has 0 aromatic carbocycles. The van der Waals surface area contributed by atoms with E-state index in [1.807, 2.05) is 12.1 Å². The third kappa shape index (κ3) is 3.68. The maximum Gasteiger partial charge on any atom is 0.105 e. The topological polar surface area (TPSA) is 28.4 Å². The van der Waals surface area contributed by atoms with Crippen LogP contribution < -0.4 is 5.32 Å². The van der Waals surface area contributed by atoms with Gasteiger partial charge in [0, 0.05) is 26.1 Å². The molecule has 0 aliphatic carbocycles. The molecular formula is C12H20N2O. The van der Waals surface area contributed by atoms with E-state index in [1.165, 1.54) is 32.5 Å². The van der Waals surface area contributed by atoms with Crippen LogP contribution in [-0.4, -0.2) is 37.6 Å². The summed E-state index contributed by atoms with van der Waals surface area (Å²) in [6, 6.07) is 3.97. The Hall–Kier alpha value is -0.800. The highest BCUT2D eigenvalue weighted by molar-refractivity contribution is 4.98. The molecule has 1 aromatic rings. The molecule has 0 radical (unpaired) electrons. The van der Waals surface area contributed by atoms with Gasteiger partial charge in [0.2, 0.25) is 0 Å². The number of furan rings is 1. The van der Waals surface area contributed by atoms with Crippen LogP contribution in [0, 0.1) is 0 Å². The second kappa shape index (κ2) is 5.93. The molecule has 0 atom stereocenters. The Bertz CT molecular complexity index is 253. The SMILES string of the molecule is c1coc(CCNCCN2CCCC2)c1. The van der Waals surface area contributed by atoms with Crippen molar-refractivity contribution in [3.8, 4) is 0 Å². The normalized spacial score (nSPS) is 17.3. The van der Waals surface area contributed by atoms with E-state index in [4.69, 9.17) is 4.42 Å². The van der Waals surface area contributed by atoms with Crippen molar-refractivity contribution in [3.63, 3.8) is 0 Å². The van der Waals surface area contributed by atoms with Gasteiger partial charge in [-0.2, -0.15) is 0 Å². The third-order valence-electron chi connectivity index (χ3n) is 2.93. The molecule has 15 heavy (non-hydrogen) atoms. The predicted octanol–water partition coefficient (Wildman–Crippen LogP) is 1.51. The molecule has 1 N–H and O–H groups in total. The molecule has 0 spiro atoms. The van der Waals surface area contributed by atoms with Crippen LogP contribution in [0.2, 0.25) is 0 Å². The van der Waals surface area contributed by atoms with Crippen molar-refractivity contribution in [2.24, 2.45) is 0 Å². The Morgan fingerprint density at radius 3 is 2.87 bits per heavy atom. The van der Waals surface area contributed by atoms with Crippen LogP contribution in [0.5, 0.6) is 0 Å². The summed E-state index contributed by atoms with van der Waals surface area (Å²) in [4.78, 5) is 2.53. The minimum Gasteiger partial charge on any atom is -0.469 e. The van der Waals surface area contributed by atoms with Crippen molar-refractivity contribution in [2.45, 2.75) is 19.3 Å². The minimum absolute atomic E-state index is 0.993. The average Bonchev–Trinajstić information content (AvgIpc) is 2.88. The van der Waals surface area contributed by atoms with E-state index >= 15 is 0 Å². The van der Waals surface area contributed by atoms with E-state index in [1.54, 1.807) is 6.26 Å². The first-order valence-electron chi connectivity index (χ1n) is 5.90. The van der Waals surface area contributed by atoms with Crippen molar-refractivity contribution in [1.82, 2.24) is 10.2 Å². The van der Waals surface area contributed by atoms with E-state index in [2.05, 4.69) is 10.2 Å². The lowest BCUT2D eigenvalue weighted by Gasteiger charge is -2.14. The van der Waals surface area contributed by atoms with Gasteiger partial charge < -0.3 is 14.6 Å². The summed E-state index contributed by atoms with van der Waals surface area (Å²) < 4.78 is 5.26. The number of nitrogens with one attached hydrogen (secondary N) is 1. The highest BCUT2D eigenvalue weighted by atomic mass is 16.3. The highest BCUT2D eigenvalue weighted by Crippen LogP contribution is 2.05. The molecule has 1 aliphatic heterocycles. The van der Waals surface area contributed by atoms with Crippen LogP contribution in [-0.2, 0) is 6.42 Å². The van der Waals surface area contributed by atoms with Gasteiger partial charge >= 0.3 is 0 Å². The zero-order chi connectivity index (χ0) is 10.3. The third-order valence-corrected chi connectivity index (χ3v) is 2.93. The summed E-state index contributed by atoms with van der Waals surface area (Å²) in [7, 11) is 0. The van der Waals surface area contributed by atoms with Gasteiger partial charge in [-0.05, 0) is 38.1 Å². The van der Waals surface area contributed by atoms with Crippen molar-refractivity contribution >= 4 is 0 Å². The van der Waals surface area contributed by atoms with Gasteiger partial charge in [-0.3, -0.25) is 0 Å². The van der Waals surface area contributed by atoms with Gasteiger partial charge in [-0.25, -0.2) is 0 Å². The second-order valence-corrected chi connectivity index (χ2v) is 4.13. The molecule has 0 bridgehead atoms. The molecule has 1 aliphatic rings. The summed E-state index contributed by atoms with van der Waals surface area (Å²) in [5.41, 5.74) is 0. The Morgan fingerprint density at radius 2 is 2.13 bits per heavy atom. The van der Waals surface area contributed by atoms with Crippen molar-refractivity contribution in [1.29, 1.82) is 0 Å². The average molecular weight is 208 g/mol. The Kier molecular flexibility index (Phi) is 4.23. The van der Waals surface area contributed by atoms with Crippen molar-refractivity contribution in [2.75, 3.05) is 32.7 Å². The Balaban J connectivity index is 1.48. The van der Waals surface area contributed by atoms with Crippen molar-refractivity contribution < 1.29 is 4.42 Å². The molecule has 0 unspecified atom stereocenters. The van der Waals surface area contributed by atoms with Gasteiger partial charge in [0.25, 0.3) is 0 Å².